The molecule has 0 atom stereocenters. The Kier molecular flexibility index (Phi) is 7.10. The van der Waals surface area contributed by atoms with E-state index in [4.69, 9.17) is 9.63 Å². The lowest BCUT2D eigenvalue weighted by Gasteiger charge is -2.06. The lowest BCUT2D eigenvalue weighted by atomic mass is 9.99. The fourth-order valence-corrected chi connectivity index (χ4v) is 2.62. The number of hydrogen-bond donors (Lipinski definition) is 3. The van der Waals surface area contributed by atoms with Gasteiger partial charge in [0.15, 0.2) is 0 Å². The molecule has 1 aromatic carbocycles. The monoisotopic (exact) mass is 373 g/mol. The first-order chi connectivity index (χ1) is 12.9. The Balaban J connectivity index is 1.93. The van der Waals surface area contributed by atoms with Crippen molar-refractivity contribution >= 4 is 23.5 Å². The van der Waals surface area contributed by atoms with Crippen molar-refractivity contribution in [3.63, 3.8) is 0 Å². The predicted octanol–water partition coefficient (Wildman–Crippen LogP) is 2.57. The summed E-state index contributed by atoms with van der Waals surface area (Å²) < 4.78 is 5.14. The van der Waals surface area contributed by atoms with Gasteiger partial charge in [-0.05, 0) is 30.5 Å². The quantitative estimate of drug-likeness (QED) is 0.621. The summed E-state index contributed by atoms with van der Waals surface area (Å²) in [5.41, 5.74) is 2.02. The third-order valence-corrected chi connectivity index (χ3v) is 4.17. The maximum atomic E-state index is 12.3. The van der Waals surface area contributed by atoms with Crippen LogP contribution in [0.3, 0.4) is 0 Å². The van der Waals surface area contributed by atoms with Crippen LogP contribution in [0.5, 0.6) is 0 Å². The number of nitrogens with zero attached hydrogens (tertiary/aromatic N) is 1. The maximum Gasteiger partial charge on any atom is 0.322 e. The van der Waals surface area contributed by atoms with Crippen molar-refractivity contribution in [1.82, 2.24) is 10.5 Å². The maximum absolute atomic E-state index is 12.3. The first kappa shape index (κ1) is 20.2. The molecular weight excluding hydrogens is 350 g/mol. The molecule has 3 N–H and O–H groups in total. The van der Waals surface area contributed by atoms with E-state index in [1.54, 1.807) is 30.3 Å². The van der Waals surface area contributed by atoms with Crippen molar-refractivity contribution in [2.45, 2.75) is 39.0 Å². The van der Waals surface area contributed by atoms with Gasteiger partial charge >= 0.3 is 5.97 Å². The summed E-state index contributed by atoms with van der Waals surface area (Å²) in [7, 11) is 0. The van der Waals surface area contributed by atoms with Crippen molar-refractivity contribution in [1.29, 1.82) is 0 Å². The van der Waals surface area contributed by atoms with E-state index in [9.17, 15) is 14.4 Å². The van der Waals surface area contributed by atoms with E-state index >= 15 is 0 Å². The van der Waals surface area contributed by atoms with Crippen molar-refractivity contribution in [2.75, 3.05) is 11.9 Å². The van der Waals surface area contributed by atoms with Gasteiger partial charge in [0.1, 0.15) is 6.54 Å². The van der Waals surface area contributed by atoms with Crippen LogP contribution < -0.4 is 10.6 Å². The van der Waals surface area contributed by atoms with Crippen LogP contribution in [-0.4, -0.2) is 34.6 Å². The molecule has 0 aliphatic rings. The lowest BCUT2D eigenvalue weighted by Crippen LogP contribution is -2.30. The van der Waals surface area contributed by atoms with Crippen LogP contribution in [-0.2, 0) is 16.0 Å². The van der Waals surface area contributed by atoms with Crippen LogP contribution in [0.25, 0.3) is 0 Å². The topological polar surface area (TPSA) is 122 Å². The van der Waals surface area contributed by atoms with E-state index in [1.807, 2.05) is 0 Å². The number of aromatic nitrogens is 1. The zero-order valence-corrected chi connectivity index (χ0v) is 15.3. The molecule has 0 saturated heterocycles. The van der Waals surface area contributed by atoms with Gasteiger partial charge < -0.3 is 20.3 Å². The van der Waals surface area contributed by atoms with Gasteiger partial charge in [-0.1, -0.05) is 31.1 Å². The first-order valence-electron chi connectivity index (χ1n) is 8.78. The van der Waals surface area contributed by atoms with Gasteiger partial charge in [0, 0.05) is 17.7 Å². The molecule has 2 aromatic rings. The summed E-state index contributed by atoms with van der Waals surface area (Å²) in [6.45, 7) is 3.71. The summed E-state index contributed by atoms with van der Waals surface area (Å²) >= 11 is 0. The summed E-state index contributed by atoms with van der Waals surface area (Å²) in [5, 5.41) is 17.5. The highest BCUT2D eigenvalue weighted by Crippen LogP contribution is 2.23. The number of aliphatic carboxylic acids is 1. The second kappa shape index (κ2) is 9.51. The Hall–Kier alpha value is -3.16. The van der Waals surface area contributed by atoms with E-state index in [0.717, 1.165) is 18.5 Å². The number of nitrogens with one attached hydrogen (secondary N) is 2. The molecule has 0 aliphatic carbocycles. The van der Waals surface area contributed by atoms with Crippen LogP contribution in [0.1, 0.15) is 54.4 Å². The second-order valence-electron chi connectivity index (χ2n) is 6.13. The molecule has 0 bridgehead atoms. The predicted molar refractivity (Wildman–Crippen MR) is 98.6 cm³/mol. The number of anilines is 1. The molecule has 0 unspecified atom stereocenters. The second-order valence-corrected chi connectivity index (χ2v) is 6.13. The van der Waals surface area contributed by atoms with Crippen LogP contribution >= 0.6 is 0 Å². The summed E-state index contributed by atoms with van der Waals surface area (Å²) in [6, 6.07) is 8.36. The Morgan fingerprint density at radius 2 is 1.81 bits per heavy atom. The number of amides is 2. The lowest BCUT2D eigenvalue weighted by molar-refractivity contribution is -0.137. The highest BCUT2D eigenvalue weighted by Gasteiger charge is 2.17. The highest BCUT2D eigenvalue weighted by molar-refractivity contribution is 6.02. The minimum Gasteiger partial charge on any atom is -0.480 e. The average molecular weight is 373 g/mol. The van der Waals surface area contributed by atoms with Gasteiger partial charge in [-0.15, -0.1) is 0 Å². The van der Waals surface area contributed by atoms with Crippen LogP contribution in [0.4, 0.5) is 5.69 Å². The van der Waals surface area contributed by atoms with Crippen molar-refractivity contribution in [3.8, 4) is 0 Å². The molecule has 0 radical (unpaired) electrons. The van der Waals surface area contributed by atoms with E-state index < -0.39 is 18.4 Å². The van der Waals surface area contributed by atoms with Crippen LogP contribution in [0, 0.1) is 0 Å². The summed E-state index contributed by atoms with van der Waals surface area (Å²) in [5.74, 6) is -1.46. The van der Waals surface area contributed by atoms with Gasteiger partial charge in [-0.2, -0.15) is 0 Å². The highest BCUT2D eigenvalue weighted by atomic mass is 16.5. The number of benzene rings is 1. The Morgan fingerprint density at radius 3 is 2.41 bits per heavy atom. The number of carbonyl (C=O) groups excluding carboxylic acids is 2. The van der Waals surface area contributed by atoms with E-state index in [1.165, 1.54) is 0 Å². The molecule has 1 aromatic heterocycles. The van der Waals surface area contributed by atoms with Crippen molar-refractivity contribution in [2.24, 2.45) is 0 Å². The average Bonchev–Trinajstić information content (AvgIpc) is 3.13. The van der Waals surface area contributed by atoms with Crippen molar-refractivity contribution < 1.29 is 24.0 Å². The molecule has 0 fully saturated rings. The molecular formula is C19H23N3O5. The molecule has 2 amide bonds. The van der Waals surface area contributed by atoms with Crippen LogP contribution in [0.2, 0.25) is 0 Å². The number of carboxylic acid groups (broad SMARTS) is 1. The minimum atomic E-state index is -1.10. The van der Waals surface area contributed by atoms with Gasteiger partial charge in [0.25, 0.3) is 5.91 Å². The molecule has 0 saturated carbocycles. The number of hydrogen-bond acceptors (Lipinski definition) is 5. The smallest absolute Gasteiger partial charge is 0.322 e. The van der Waals surface area contributed by atoms with Crippen molar-refractivity contribution in [3.05, 3.63) is 47.3 Å². The third-order valence-electron chi connectivity index (χ3n) is 4.17. The largest absolute Gasteiger partial charge is 0.480 e. The van der Waals surface area contributed by atoms with Crippen LogP contribution in [0.15, 0.2) is 34.9 Å². The minimum absolute atomic E-state index is 0.0579. The van der Waals surface area contributed by atoms with Gasteiger partial charge in [0.2, 0.25) is 11.7 Å². The van der Waals surface area contributed by atoms with E-state index in [0.29, 0.717) is 11.3 Å². The molecule has 0 aliphatic heterocycles. The number of carboxylic acids is 1. The molecule has 144 valence electrons. The summed E-state index contributed by atoms with van der Waals surface area (Å²) in [4.78, 5) is 34.3. The van der Waals surface area contributed by atoms with Gasteiger partial charge in [0.05, 0.1) is 12.1 Å². The fourth-order valence-electron chi connectivity index (χ4n) is 2.62. The fraction of sp³-hybridized carbons (Fsp3) is 0.368. The van der Waals surface area contributed by atoms with Gasteiger partial charge in [-0.25, -0.2) is 0 Å². The van der Waals surface area contributed by atoms with E-state index in [-0.39, 0.29) is 24.0 Å². The van der Waals surface area contributed by atoms with E-state index in [2.05, 4.69) is 29.6 Å². The zero-order chi connectivity index (χ0) is 19.8. The summed E-state index contributed by atoms with van der Waals surface area (Å²) in [6.07, 6.45) is 1.90. The normalized spacial score (nSPS) is 10.6. The molecule has 8 heteroatoms. The number of carbonyl (C=O) groups is 3. The Morgan fingerprint density at radius 1 is 1.15 bits per heavy atom. The molecule has 0 spiro atoms. The Labute approximate surface area is 156 Å². The molecule has 27 heavy (non-hydrogen) atoms. The third kappa shape index (κ3) is 5.95. The van der Waals surface area contributed by atoms with Gasteiger partial charge in [-0.3, -0.25) is 14.4 Å². The SMILES string of the molecule is CCC(CC)c1cc(C(=O)Nc2ccc(CC(=O)NCC(=O)O)cc2)on1. The Bertz CT molecular complexity index is 794. The standard InChI is InChI=1S/C19H23N3O5/c1-3-13(4-2)15-10-16(27-22-15)19(26)21-14-7-5-12(6-8-14)9-17(23)20-11-18(24)25/h5-8,10,13H,3-4,9,11H2,1-2H3,(H,20,23)(H,21,26)(H,24,25). The molecule has 2 rings (SSSR count). The first-order valence-corrected chi connectivity index (χ1v) is 8.78. The zero-order valence-electron chi connectivity index (χ0n) is 15.3. The molecule has 8 nitrogen and oxygen atoms in total. The molecule has 1 heterocycles. The number of rotatable bonds is 9.